The molecule has 0 aliphatic carbocycles. The minimum atomic E-state index is -0.569. The second kappa shape index (κ2) is 8.62. The maximum absolute atomic E-state index is 12.3. The highest BCUT2D eigenvalue weighted by Gasteiger charge is 2.12. The molecule has 25 heavy (non-hydrogen) atoms. The topological polar surface area (TPSA) is 83.4 Å². The minimum absolute atomic E-state index is 0.118. The van der Waals surface area contributed by atoms with Crippen LogP contribution in [0.5, 0.6) is 11.5 Å². The van der Waals surface area contributed by atoms with Crippen LogP contribution in [0.4, 0.5) is 11.4 Å². The molecule has 0 unspecified atom stereocenters. The van der Waals surface area contributed by atoms with Crippen LogP contribution < -0.4 is 20.1 Å². The summed E-state index contributed by atoms with van der Waals surface area (Å²) in [5.74, 6) is 0.459. The SMILES string of the molecule is COc1ccc(Cl)cc1N/C=C(/C#N)C(=O)Nc1ccccc1OC. The summed E-state index contributed by atoms with van der Waals surface area (Å²) >= 11 is 5.95. The van der Waals surface area contributed by atoms with Crippen LogP contribution in [0.1, 0.15) is 0 Å². The first-order valence-electron chi connectivity index (χ1n) is 7.23. The first-order chi connectivity index (χ1) is 12.1. The Bertz CT molecular complexity index is 844. The lowest BCUT2D eigenvalue weighted by Crippen LogP contribution is -2.15. The molecule has 0 radical (unpaired) electrons. The van der Waals surface area contributed by atoms with Gasteiger partial charge < -0.3 is 20.1 Å². The molecular formula is C18H16ClN3O3. The van der Waals surface area contributed by atoms with Gasteiger partial charge in [0.15, 0.2) is 0 Å². The smallest absolute Gasteiger partial charge is 0.267 e. The number of hydrogen-bond donors (Lipinski definition) is 2. The van der Waals surface area contributed by atoms with E-state index in [2.05, 4.69) is 10.6 Å². The maximum atomic E-state index is 12.3. The molecule has 0 bridgehead atoms. The minimum Gasteiger partial charge on any atom is -0.495 e. The van der Waals surface area contributed by atoms with Gasteiger partial charge in [0.05, 0.1) is 25.6 Å². The fraction of sp³-hybridized carbons (Fsp3) is 0.111. The number of nitrogens with zero attached hydrogens (tertiary/aromatic N) is 1. The summed E-state index contributed by atoms with van der Waals surface area (Å²) in [6.45, 7) is 0. The van der Waals surface area contributed by atoms with Gasteiger partial charge in [-0.1, -0.05) is 23.7 Å². The van der Waals surface area contributed by atoms with Gasteiger partial charge in [-0.15, -0.1) is 0 Å². The quantitative estimate of drug-likeness (QED) is 0.606. The molecule has 0 saturated carbocycles. The van der Waals surface area contributed by atoms with E-state index in [1.54, 1.807) is 42.5 Å². The van der Waals surface area contributed by atoms with Gasteiger partial charge in [0.2, 0.25) is 0 Å². The molecule has 0 saturated heterocycles. The van der Waals surface area contributed by atoms with Crippen LogP contribution in [-0.4, -0.2) is 20.1 Å². The van der Waals surface area contributed by atoms with Crippen molar-refractivity contribution in [2.45, 2.75) is 0 Å². The van der Waals surface area contributed by atoms with E-state index in [0.29, 0.717) is 27.9 Å². The summed E-state index contributed by atoms with van der Waals surface area (Å²) in [7, 11) is 3.01. The van der Waals surface area contributed by atoms with Crippen molar-refractivity contribution in [2.75, 3.05) is 24.9 Å². The summed E-state index contributed by atoms with van der Waals surface area (Å²) in [5, 5.41) is 15.2. The average Bonchev–Trinajstić information content (AvgIpc) is 2.63. The van der Waals surface area contributed by atoms with Crippen LogP contribution in [0.15, 0.2) is 54.2 Å². The molecule has 0 aliphatic rings. The Morgan fingerprint density at radius 2 is 1.80 bits per heavy atom. The molecular weight excluding hydrogens is 342 g/mol. The summed E-state index contributed by atoms with van der Waals surface area (Å²) in [4.78, 5) is 12.3. The van der Waals surface area contributed by atoms with Crippen molar-refractivity contribution in [3.05, 3.63) is 59.3 Å². The van der Waals surface area contributed by atoms with E-state index in [4.69, 9.17) is 21.1 Å². The maximum Gasteiger partial charge on any atom is 0.267 e. The zero-order valence-electron chi connectivity index (χ0n) is 13.7. The highest BCUT2D eigenvalue weighted by atomic mass is 35.5. The number of nitriles is 1. The van der Waals surface area contributed by atoms with Crippen molar-refractivity contribution < 1.29 is 14.3 Å². The third-order valence-electron chi connectivity index (χ3n) is 3.25. The van der Waals surface area contributed by atoms with Gasteiger partial charge in [-0.3, -0.25) is 4.79 Å². The lowest BCUT2D eigenvalue weighted by Gasteiger charge is -2.10. The van der Waals surface area contributed by atoms with Gasteiger partial charge in [-0.2, -0.15) is 5.26 Å². The monoisotopic (exact) mass is 357 g/mol. The lowest BCUT2D eigenvalue weighted by molar-refractivity contribution is -0.112. The second-order valence-corrected chi connectivity index (χ2v) is 5.25. The molecule has 2 aromatic carbocycles. The van der Waals surface area contributed by atoms with Crippen molar-refractivity contribution in [3.63, 3.8) is 0 Å². The van der Waals surface area contributed by atoms with Crippen LogP contribution in [-0.2, 0) is 4.79 Å². The number of carbonyl (C=O) groups is 1. The summed E-state index contributed by atoms with van der Waals surface area (Å²) in [6.07, 6.45) is 1.29. The molecule has 2 aromatic rings. The Kier molecular flexibility index (Phi) is 6.26. The van der Waals surface area contributed by atoms with Gasteiger partial charge in [0, 0.05) is 11.2 Å². The molecule has 0 aliphatic heterocycles. The standard InChI is InChI=1S/C18H16ClN3O3/c1-24-16-6-4-3-5-14(16)22-18(23)12(10-20)11-21-15-9-13(19)7-8-17(15)25-2/h3-9,11,21H,1-2H3,(H,22,23)/b12-11-. The third kappa shape index (κ3) is 4.66. The van der Waals surface area contributed by atoms with Gasteiger partial charge in [0.25, 0.3) is 5.91 Å². The number of halogens is 1. The number of anilines is 2. The number of para-hydroxylation sites is 2. The van der Waals surface area contributed by atoms with E-state index < -0.39 is 5.91 Å². The van der Waals surface area contributed by atoms with Gasteiger partial charge in [0.1, 0.15) is 23.1 Å². The van der Waals surface area contributed by atoms with Crippen molar-refractivity contribution in [2.24, 2.45) is 0 Å². The molecule has 7 heteroatoms. The third-order valence-corrected chi connectivity index (χ3v) is 3.49. The van der Waals surface area contributed by atoms with Crippen LogP contribution in [0.3, 0.4) is 0 Å². The lowest BCUT2D eigenvalue weighted by atomic mass is 10.2. The molecule has 128 valence electrons. The number of amides is 1. The van der Waals surface area contributed by atoms with Crippen LogP contribution in [0.25, 0.3) is 0 Å². The number of benzene rings is 2. The highest BCUT2D eigenvalue weighted by Crippen LogP contribution is 2.28. The van der Waals surface area contributed by atoms with Crippen molar-refractivity contribution >= 4 is 28.9 Å². The van der Waals surface area contributed by atoms with Crippen molar-refractivity contribution in [1.29, 1.82) is 5.26 Å². The van der Waals surface area contributed by atoms with Crippen LogP contribution in [0.2, 0.25) is 5.02 Å². The van der Waals surface area contributed by atoms with Gasteiger partial charge >= 0.3 is 0 Å². The van der Waals surface area contributed by atoms with Gasteiger partial charge in [-0.05, 0) is 30.3 Å². The van der Waals surface area contributed by atoms with E-state index >= 15 is 0 Å². The average molecular weight is 358 g/mol. The molecule has 0 atom stereocenters. The van der Waals surface area contributed by atoms with Crippen LogP contribution >= 0.6 is 11.6 Å². The van der Waals surface area contributed by atoms with E-state index in [0.717, 1.165) is 0 Å². The Morgan fingerprint density at radius 1 is 1.12 bits per heavy atom. The molecule has 1 amide bonds. The molecule has 2 N–H and O–H groups in total. The van der Waals surface area contributed by atoms with Crippen LogP contribution in [0, 0.1) is 11.3 Å². The van der Waals surface area contributed by atoms with Crippen molar-refractivity contribution in [1.82, 2.24) is 0 Å². The predicted molar refractivity (Wildman–Crippen MR) is 96.9 cm³/mol. The summed E-state index contributed by atoms with van der Waals surface area (Å²) < 4.78 is 10.4. The second-order valence-electron chi connectivity index (χ2n) is 4.81. The number of carbonyl (C=O) groups excluding carboxylic acids is 1. The first-order valence-corrected chi connectivity index (χ1v) is 7.61. The normalized spacial score (nSPS) is 10.6. The predicted octanol–water partition coefficient (Wildman–Crippen LogP) is 3.82. The largest absolute Gasteiger partial charge is 0.495 e. The molecule has 0 aromatic heterocycles. The Labute approximate surface area is 150 Å². The fourth-order valence-electron chi connectivity index (χ4n) is 2.03. The number of hydrogen-bond acceptors (Lipinski definition) is 5. The fourth-order valence-corrected chi connectivity index (χ4v) is 2.20. The molecule has 0 spiro atoms. The number of methoxy groups -OCH3 is 2. The number of ether oxygens (including phenoxy) is 2. The summed E-state index contributed by atoms with van der Waals surface area (Å²) in [6, 6.07) is 13.8. The van der Waals surface area contributed by atoms with Crippen molar-refractivity contribution in [3.8, 4) is 17.6 Å². The summed E-state index contributed by atoms with van der Waals surface area (Å²) in [5.41, 5.74) is 0.886. The number of rotatable bonds is 6. The Hall–Kier alpha value is -3.17. The number of nitrogens with one attached hydrogen (secondary N) is 2. The van der Waals surface area contributed by atoms with E-state index in [1.165, 1.54) is 20.4 Å². The molecule has 0 heterocycles. The zero-order chi connectivity index (χ0) is 18.2. The molecule has 2 rings (SSSR count). The van der Waals surface area contributed by atoms with E-state index in [-0.39, 0.29) is 5.57 Å². The van der Waals surface area contributed by atoms with Gasteiger partial charge in [-0.25, -0.2) is 0 Å². The first kappa shape index (κ1) is 18.2. The molecule has 0 fully saturated rings. The highest BCUT2D eigenvalue weighted by molar-refractivity contribution is 6.31. The molecule has 6 nitrogen and oxygen atoms in total. The Balaban J connectivity index is 2.19. The van der Waals surface area contributed by atoms with E-state index in [9.17, 15) is 10.1 Å². The van der Waals surface area contributed by atoms with E-state index in [1.807, 2.05) is 6.07 Å². The zero-order valence-corrected chi connectivity index (χ0v) is 14.4. The Morgan fingerprint density at radius 3 is 2.48 bits per heavy atom.